The van der Waals surface area contributed by atoms with E-state index < -0.39 is 24.0 Å². The number of ether oxygens (including phenoxy) is 3. The highest BCUT2D eigenvalue weighted by Crippen LogP contribution is 2.42. The molecule has 8 heteroatoms. The van der Waals surface area contributed by atoms with Crippen LogP contribution in [0.2, 0.25) is 0 Å². The molecule has 1 fully saturated rings. The van der Waals surface area contributed by atoms with Gasteiger partial charge in [-0.3, -0.25) is 4.79 Å². The maximum absolute atomic E-state index is 12.9. The van der Waals surface area contributed by atoms with Gasteiger partial charge in [0.15, 0.2) is 11.5 Å². The molecule has 2 heterocycles. The zero-order valence-corrected chi connectivity index (χ0v) is 17.0. The van der Waals surface area contributed by atoms with Gasteiger partial charge >= 0.3 is 12.0 Å². The molecule has 0 bridgehead atoms. The monoisotopic (exact) mass is 458 g/mol. The average molecular weight is 459 g/mol. The molecule has 2 aliphatic heterocycles. The normalized spacial score (nSPS) is 20.0. The number of hydrogen-bond donors (Lipinski definition) is 2. The first-order valence-electron chi connectivity index (χ1n) is 9.09. The second-order valence-electron chi connectivity index (χ2n) is 6.71. The molecule has 2 aromatic rings. The molecule has 0 saturated carbocycles. The number of carbonyl (C=O) groups is 2. The van der Waals surface area contributed by atoms with Crippen molar-refractivity contribution < 1.29 is 23.8 Å². The van der Waals surface area contributed by atoms with E-state index in [1.165, 1.54) is 0 Å². The number of urea groups is 1. The van der Waals surface area contributed by atoms with Crippen LogP contribution >= 0.6 is 15.9 Å². The summed E-state index contributed by atoms with van der Waals surface area (Å²) in [6.07, 6.45) is 0.601. The fourth-order valence-corrected chi connectivity index (χ4v) is 3.97. The number of hydrogen-bond acceptors (Lipinski definition) is 5. The van der Waals surface area contributed by atoms with E-state index in [2.05, 4.69) is 33.1 Å². The third-order valence-electron chi connectivity index (χ3n) is 4.83. The van der Waals surface area contributed by atoms with Gasteiger partial charge in [-0.1, -0.05) is 52.8 Å². The molecule has 2 aliphatic rings. The van der Waals surface area contributed by atoms with E-state index in [1.54, 1.807) is 12.1 Å². The molecule has 0 radical (unpaired) electrons. The number of rotatable bonds is 5. The minimum Gasteiger partial charge on any atom is -0.465 e. The Hall–Kier alpha value is -3.00. The van der Waals surface area contributed by atoms with Gasteiger partial charge in [0.05, 0.1) is 12.6 Å². The molecule has 4 rings (SSSR count). The Morgan fingerprint density at radius 1 is 1.21 bits per heavy atom. The maximum atomic E-state index is 12.9. The average Bonchev–Trinajstić information content (AvgIpc) is 3.14. The number of carbonyl (C=O) groups excluding carboxylic acids is 2. The smallest absolute Gasteiger partial charge is 0.319 e. The summed E-state index contributed by atoms with van der Waals surface area (Å²) < 4.78 is 17.0. The third kappa shape index (κ3) is 4.07. The van der Waals surface area contributed by atoms with Crippen LogP contribution in [0.25, 0.3) is 0 Å². The Morgan fingerprint density at radius 3 is 2.69 bits per heavy atom. The van der Waals surface area contributed by atoms with Crippen molar-refractivity contribution in [1.82, 2.24) is 10.6 Å². The van der Waals surface area contributed by atoms with Gasteiger partial charge in [-0.15, -0.1) is 0 Å². The predicted octanol–water partition coefficient (Wildman–Crippen LogP) is 3.45. The van der Waals surface area contributed by atoms with Crippen molar-refractivity contribution in [2.45, 2.75) is 12.5 Å². The van der Waals surface area contributed by atoms with Crippen LogP contribution in [-0.2, 0) is 16.0 Å². The van der Waals surface area contributed by atoms with Gasteiger partial charge in [-0.05, 0) is 23.3 Å². The zero-order chi connectivity index (χ0) is 20.4. The molecular weight excluding hydrogens is 440 g/mol. The van der Waals surface area contributed by atoms with Crippen LogP contribution in [0, 0.1) is 5.92 Å². The number of benzene rings is 2. The minimum atomic E-state index is -0.792. The van der Waals surface area contributed by atoms with E-state index in [0.717, 1.165) is 5.56 Å². The fourth-order valence-electron chi connectivity index (χ4n) is 3.40. The van der Waals surface area contributed by atoms with E-state index in [-0.39, 0.29) is 19.1 Å². The lowest BCUT2D eigenvalue weighted by molar-refractivity contribution is -0.148. The van der Waals surface area contributed by atoms with Crippen molar-refractivity contribution >= 4 is 27.9 Å². The summed E-state index contributed by atoms with van der Waals surface area (Å²) in [5.74, 6) is -0.104. The van der Waals surface area contributed by atoms with Crippen LogP contribution in [0.4, 0.5) is 4.79 Å². The second-order valence-corrected chi connectivity index (χ2v) is 7.56. The molecule has 150 valence electrons. The van der Waals surface area contributed by atoms with Gasteiger partial charge in [-0.2, -0.15) is 0 Å². The Kier molecular flexibility index (Phi) is 5.44. The van der Waals surface area contributed by atoms with Gasteiger partial charge in [0, 0.05) is 16.6 Å². The SMILES string of the molecule is C=C1NC(=O)NC(c2cc3c(cc2Br)OCO3)C1C(=O)OCCc1ccccc1. The fraction of sp³-hybridized carbons (Fsp3) is 0.238. The molecule has 2 amide bonds. The molecule has 0 aliphatic carbocycles. The Labute approximate surface area is 176 Å². The van der Waals surface area contributed by atoms with Crippen LogP contribution in [0.3, 0.4) is 0 Å². The second kappa shape index (κ2) is 8.16. The highest BCUT2D eigenvalue weighted by molar-refractivity contribution is 9.10. The topological polar surface area (TPSA) is 85.9 Å². The molecule has 2 N–H and O–H groups in total. The van der Waals surface area contributed by atoms with Gasteiger partial charge < -0.3 is 24.8 Å². The first kappa shape index (κ1) is 19.3. The lowest BCUT2D eigenvalue weighted by Crippen LogP contribution is -2.51. The largest absolute Gasteiger partial charge is 0.465 e. The van der Waals surface area contributed by atoms with E-state index in [4.69, 9.17) is 14.2 Å². The highest BCUT2D eigenvalue weighted by atomic mass is 79.9. The summed E-state index contributed by atoms with van der Waals surface area (Å²) >= 11 is 3.50. The lowest BCUT2D eigenvalue weighted by atomic mass is 9.89. The Balaban J connectivity index is 1.54. The van der Waals surface area contributed by atoms with Crippen molar-refractivity contribution in [3.05, 3.63) is 70.3 Å². The number of fused-ring (bicyclic) bond motifs is 1. The summed E-state index contributed by atoms with van der Waals surface area (Å²) in [5.41, 5.74) is 2.03. The van der Waals surface area contributed by atoms with Crippen molar-refractivity contribution in [1.29, 1.82) is 0 Å². The molecule has 0 aromatic heterocycles. The van der Waals surface area contributed by atoms with E-state index in [1.807, 2.05) is 30.3 Å². The van der Waals surface area contributed by atoms with E-state index in [0.29, 0.717) is 28.0 Å². The third-order valence-corrected chi connectivity index (χ3v) is 5.51. The number of nitrogens with one attached hydrogen (secondary N) is 2. The van der Waals surface area contributed by atoms with E-state index >= 15 is 0 Å². The maximum Gasteiger partial charge on any atom is 0.319 e. The number of esters is 1. The predicted molar refractivity (Wildman–Crippen MR) is 108 cm³/mol. The van der Waals surface area contributed by atoms with Gasteiger partial charge in [0.1, 0.15) is 5.92 Å². The van der Waals surface area contributed by atoms with Crippen molar-refractivity contribution in [3.8, 4) is 11.5 Å². The number of halogens is 1. The summed E-state index contributed by atoms with van der Waals surface area (Å²) in [4.78, 5) is 25.0. The van der Waals surface area contributed by atoms with Crippen LogP contribution in [0.15, 0.2) is 59.2 Å². The van der Waals surface area contributed by atoms with Crippen LogP contribution in [0.1, 0.15) is 17.2 Å². The molecular formula is C21H19BrN2O5. The first-order chi connectivity index (χ1) is 14.0. The van der Waals surface area contributed by atoms with Gasteiger partial charge in [-0.25, -0.2) is 4.79 Å². The molecule has 2 atom stereocenters. The molecule has 0 spiro atoms. The summed E-state index contributed by atoms with van der Waals surface area (Å²) in [7, 11) is 0. The van der Waals surface area contributed by atoms with Gasteiger partial charge in [0.2, 0.25) is 6.79 Å². The van der Waals surface area contributed by atoms with Gasteiger partial charge in [0.25, 0.3) is 0 Å². The highest BCUT2D eigenvalue weighted by Gasteiger charge is 2.40. The lowest BCUT2D eigenvalue weighted by Gasteiger charge is -2.33. The standard InChI is InChI=1S/C21H19BrN2O5/c1-12-18(20(25)27-8-7-13-5-3-2-4-6-13)19(24-21(26)23-12)14-9-16-17(10-15(14)22)29-11-28-16/h2-6,9-10,18-19H,1,7-8,11H2,(H2,23,24,26). The van der Waals surface area contributed by atoms with Crippen molar-refractivity contribution in [3.63, 3.8) is 0 Å². The number of amides is 2. The molecule has 2 aromatic carbocycles. The zero-order valence-electron chi connectivity index (χ0n) is 15.4. The molecule has 7 nitrogen and oxygen atoms in total. The minimum absolute atomic E-state index is 0.126. The van der Waals surface area contributed by atoms with Crippen LogP contribution in [-0.4, -0.2) is 25.4 Å². The molecule has 2 unspecified atom stereocenters. The van der Waals surface area contributed by atoms with Crippen molar-refractivity contribution in [2.75, 3.05) is 13.4 Å². The van der Waals surface area contributed by atoms with E-state index in [9.17, 15) is 9.59 Å². The van der Waals surface area contributed by atoms with Crippen LogP contribution in [0.5, 0.6) is 11.5 Å². The quantitative estimate of drug-likeness (QED) is 0.670. The van der Waals surface area contributed by atoms with Crippen molar-refractivity contribution in [2.24, 2.45) is 5.92 Å². The van der Waals surface area contributed by atoms with Crippen LogP contribution < -0.4 is 20.1 Å². The Bertz CT molecular complexity index is 963. The summed E-state index contributed by atoms with van der Waals surface area (Å²) in [6.45, 7) is 4.23. The molecule has 29 heavy (non-hydrogen) atoms. The molecule has 1 saturated heterocycles. The summed E-state index contributed by atoms with van der Waals surface area (Å²) in [6, 6.07) is 12.2. The summed E-state index contributed by atoms with van der Waals surface area (Å²) in [5, 5.41) is 5.37. The Morgan fingerprint density at radius 2 is 1.93 bits per heavy atom. The first-order valence-corrected chi connectivity index (χ1v) is 9.88.